The number of nitro groups is 1. The molecule has 17 heavy (non-hydrogen) atoms. The predicted octanol–water partition coefficient (Wildman–Crippen LogP) is 3.25. The molecule has 1 fully saturated rings. The molecule has 92 valence electrons. The molecule has 1 aromatic rings. The third kappa shape index (κ3) is 3.26. The van der Waals surface area contributed by atoms with Gasteiger partial charge in [-0.3, -0.25) is 10.1 Å². The lowest BCUT2D eigenvalue weighted by molar-refractivity contribution is -0.384. The molecule has 0 amide bonds. The van der Waals surface area contributed by atoms with Crippen LogP contribution in [0.5, 0.6) is 0 Å². The lowest BCUT2D eigenvalue weighted by Crippen LogP contribution is -2.21. The van der Waals surface area contributed by atoms with Gasteiger partial charge in [0.15, 0.2) is 0 Å². The molecular weight excluding hydrogens is 284 g/mol. The summed E-state index contributed by atoms with van der Waals surface area (Å²) in [5.74, 6) is 0. The quantitative estimate of drug-likeness (QED) is 0.670. The second kappa shape index (κ2) is 4.74. The highest BCUT2D eigenvalue weighted by molar-refractivity contribution is 9.10. The minimum absolute atomic E-state index is 0.120. The standard InChI is InChI=1S/C12H15BrN2O2/c1-12(4-5-12)8-14-7-9-2-3-10(15(16)17)6-11(9)13/h2-3,6,14H,4-5,7-8H2,1H3. The van der Waals surface area contributed by atoms with Crippen molar-refractivity contribution in [1.82, 2.24) is 5.32 Å². The van der Waals surface area contributed by atoms with Gasteiger partial charge < -0.3 is 5.32 Å². The lowest BCUT2D eigenvalue weighted by atomic mass is 10.1. The molecule has 2 rings (SSSR count). The topological polar surface area (TPSA) is 55.2 Å². The van der Waals surface area contributed by atoms with Gasteiger partial charge in [-0.2, -0.15) is 0 Å². The first-order chi connectivity index (χ1) is 8.00. The van der Waals surface area contributed by atoms with E-state index >= 15 is 0 Å². The minimum Gasteiger partial charge on any atom is -0.312 e. The third-order valence-electron chi connectivity index (χ3n) is 3.22. The molecule has 0 aromatic heterocycles. The molecule has 0 unspecified atom stereocenters. The maximum absolute atomic E-state index is 10.6. The van der Waals surface area contributed by atoms with Gasteiger partial charge >= 0.3 is 0 Å². The van der Waals surface area contributed by atoms with Gasteiger partial charge in [-0.1, -0.05) is 22.9 Å². The molecule has 1 aliphatic carbocycles. The molecule has 0 saturated heterocycles. The van der Waals surface area contributed by atoms with Crippen molar-refractivity contribution in [2.24, 2.45) is 5.41 Å². The lowest BCUT2D eigenvalue weighted by Gasteiger charge is -2.10. The van der Waals surface area contributed by atoms with Crippen LogP contribution in [0.25, 0.3) is 0 Å². The van der Waals surface area contributed by atoms with Crippen molar-refractivity contribution in [3.05, 3.63) is 38.3 Å². The van der Waals surface area contributed by atoms with Crippen LogP contribution in [-0.4, -0.2) is 11.5 Å². The summed E-state index contributed by atoms with van der Waals surface area (Å²) in [4.78, 5) is 10.2. The fourth-order valence-electron chi connectivity index (χ4n) is 1.68. The highest BCUT2D eigenvalue weighted by Gasteiger charge is 2.36. The van der Waals surface area contributed by atoms with Gasteiger partial charge in [-0.15, -0.1) is 0 Å². The summed E-state index contributed by atoms with van der Waals surface area (Å²) in [6.07, 6.45) is 2.59. The number of benzene rings is 1. The highest BCUT2D eigenvalue weighted by atomic mass is 79.9. The van der Waals surface area contributed by atoms with Crippen LogP contribution in [0.1, 0.15) is 25.3 Å². The third-order valence-corrected chi connectivity index (χ3v) is 3.96. The van der Waals surface area contributed by atoms with Gasteiger partial charge in [-0.05, 0) is 29.9 Å². The van der Waals surface area contributed by atoms with E-state index < -0.39 is 0 Å². The molecule has 0 radical (unpaired) electrons. The Morgan fingerprint density at radius 2 is 2.24 bits per heavy atom. The van der Waals surface area contributed by atoms with Crippen molar-refractivity contribution in [2.45, 2.75) is 26.3 Å². The number of nitro benzene ring substituents is 1. The van der Waals surface area contributed by atoms with E-state index in [1.54, 1.807) is 18.2 Å². The van der Waals surface area contributed by atoms with Gasteiger partial charge in [0, 0.05) is 29.7 Å². The second-order valence-corrected chi connectivity index (χ2v) is 5.80. The number of halogens is 1. The monoisotopic (exact) mass is 298 g/mol. The Bertz CT molecular complexity index is 444. The number of nitrogens with one attached hydrogen (secondary N) is 1. The largest absolute Gasteiger partial charge is 0.312 e. The van der Waals surface area contributed by atoms with E-state index in [9.17, 15) is 10.1 Å². The van der Waals surface area contributed by atoms with E-state index in [1.165, 1.54) is 12.8 Å². The maximum atomic E-state index is 10.6. The molecule has 0 spiro atoms. The zero-order chi connectivity index (χ0) is 12.5. The van der Waals surface area contributed by atoms with Crippen LogP contribution in [0, 0.1) is 15.5 Å². The first-order valence-corrected chi connectivity index (χ1v) is 6.43. The summed E-state index contributed by atoms with van der Waals surface area (Å²) in [7, 11) is 0. The Morgan fingerprint density at radius 3 is 2.76 bits per heavy atom. The SMILES string of the molecule is CC1(CNCc2ccc([N+](=O)[O-])cc2Br)CC1. The number of hydrogen-bond donors (Lipinski definition) is 1. The van der Waals surface area contributed by atoms with Crippen LogP contribution >= 0.6 is 15.9 Å². The van der Waals surface area contributed by atoms with Crippen LogP contribution < -0.4 is 5.32 Å². The normalized spacial score (nSPS) is 16.8. The van der Waals surface area contributed by atoms with Crippen molar-refractivity contribution in [3.63, 3.8) is 0 Å². The van der Waals surface area contributed by atoms with Gasteiger partial charge in [0.25, 0.3) is 5.69 Å². The van der Waals surface area contributed by atoms with Crippen LogP contribution in [0.3, 0.4) is 0 Å². The molecule has 0 aliphatic heterocycles. The Hall–Kier alpha value is -0.940. The average molecular weight is 299 g/mol. The predicted molar refractivity (Wildman–Crippen MR) is 69.8 cm³/mol. The molecule has 1 aromatic carbocycles. The summed E-state index contributed by atoms with van der Waals surface area (Å²) in [5, 5.41) is 14.0. The number of hydrogen-bond acceptors (Lipinski definition) is 3. The zero-order valence-corrected chi connectivity index (χ0v) is 11.3. The first kappa shape index (κ1) is 12.5. The minimum atomic E-state index is -0.382. The first-order valence-electron chi connectivity index (χ1n) is 5.64. The molecule has 0 atom stereocenters. The highest BCUT2D eigenvalue weighted by Crippen LogP contribution is 2.44. The molecular formula is C12H15BrN2O2. The Labute approximate surface area is 109 Å². The fraction of sp³-hybridized carbons (Fsp3) is 0.500. The van der Waals surface area contributed by atoms with E-state index in [0.717, 1.165) is 23.1 Å². The van der Waals surface area contributed by atoms with Crippen LogP contribution in [0.15, 0.2) is 22.7 Å². The van der Waals surface area contributed by atoms with E-state index in [4.69, 9.17) is 0 Å². The van der Waals surface area contributed by atoms with Crippen molar-refractivity contribution < 1.29 is 4.92 Å². The summed E-state index contributed by atoms with van der Waals surface area (Å²) >= 11 is 3.37. The molecule has 1 aliphatic rings. The van der Waals surface area contributed by atoms with E-state index in [0.29, 0.717) is 5.41 Å². The Kier molecular flexibility index (Phi) is 3.49. The van der Waals surface area contributed by atoms with Gasteiger partial charge in [0.2, 0.25) is 0 Å². The Morgan fingerprint density at radius 1 is 1.53 bits per heavy atom. The van der Waals surface area contributed by atoms with Crippen molar-refractivity contribution in [2.75, 3.05) is 6.54 Å². The van der Waals surface area contributed by atoms with Crippen LogP contribution in [0.4, 0.5) is 5.69 Å². The van der Waals surface area contributed by atoms with Crippen molar-refractivity contribution in [1.29, 1.82) is 0 Å². The molecule has 4 nitrogen and oxygen atoms in total. The molecule has 0 heterocycles. The number of non-ortho nitro benzene ring substituents is 1. The van der Waals surface area contributed by atoms with E-state index in [1.807, 2.05) is 0 Å². The summed E-state index contributed by atoms with van der Waals surface area (Å²) in [6.45, 7) is 4.02. The van der Waals surface area contributed by atoms with E-state index in [-0.39, 0.29) is 10.6 Å². The van der Waals surface area contributed by atoms with Gasteiger partial charge in [0.05, 0.1) is 4.92 Å². The number of rotatable bonds is 5. The molecule has 1 N–H and O–H groups in total. The zero-order valence-electron chi connectivity index (χ0n) is 9.70. The average Bonchev–Trinajstić information content (AvgIpc) is 2.99. The van der Waals surface area contributed by atoms with Gasteiger partial charge in [0.1, 0.15) is 0 Å². The van der Waals surface area contributed by atoms with Crippen molar-refractivity contribution in [3.8, 4) is 0 Å². The Balaban J connectivity index is 1.94. The summed E-state index contributed by atoms with van der Waals surface area (Å²) in [5.41, 5.74) is 1.66. The molecule has 1 saturated carbocycles. The summed E-state index contributed by atoms with van der Waals surface area (Å²) in [6, 6.07) is 4.89. The summed E-state index contributed by atoms with van der Waals surface area (Å²) < 4.78 is 0.792. The van der Waals surface area contributed by atoms with Crippen LogP contribution in [0.2, 0.25) is 0 Å². The fourth-order valence-corrected chi connectivity index (χ4v) is 2.19. The number of nitrogens with zero attached hydrogens (tertiary/aromatic N) is 1. The molecule has 5 heteroatoms. The second-order valence-electron chi connectivity index (χ2n) is 4.95. The maximum Gasteiger partial charge on any atom is 0.270 e. The van der Waals surface area contributed by atoms with Gasteiger partial charge in [-0.25, -0.2) is 0 Å². The van der Waals surface area contributed by atoms with Crippen molar-refractivity contribution >= 4 is 21.6 Å². The van der Waals surface area contributed by atoms with E-state index in [2.05, 4.69) is 28.2 Å². The van der Waals surface area contributed by atoms with Crippen LogP contribution in [-0.2, 0) is 6.54 Å². The smallest absolute Gasteiger partial charge is 0.270 e. The molecule has 0 bridgehead atoms.